The molecule has 0 bridgehead atoms. The molecule has 1 aliphatic rings. The van der Waals surface area contributed by atoms with Crippen LogP contribution in [0.5, 0.6) is 0 Å². The molecule has 0 amide bonds. The molecule has 2 aromatic heterocycles. The van der Waals surface area contributed by atoms with Crippen LogP contribution in [0.3, 0.4) is 0 Å². The Morgan fingerprint density at radius 1 is 1.43 bits per heavy atom. The minimum Gasteiger partial charge on any atom is -0.469 e. The Morgan fingerprint density at radius 3 is 2.90 bits per heavy atom. The van der Waals surface area contributed by atoms with Gasteiger partial charge < -0.3 is 14.6 Å². The summed E-state index contributed by atoms with van der Waals surface area (Å²) in [4.78, 5) is 6.53. The zero-order valence-corrected chi connectivity index (χ0v) is 13.2. The van der Waals surface area contributed by atoms with E-state index in [4.69, 9.17) is 16.0 Å². The first-order chi connectivity index (χ1) is 10.1. The Morgan fingerprint density at radius 2 is 2.24 bits per heavy atom. The molecule has 0 atom stereocenters. The van der Waals surface area contributed by atoms with Crippen LogP contribution in [0, 0.1) is 6.92 Å². The van der Waals surface area contributed by atoms with E-state index in [2.05, 4.69) is 21.3 Å². The predicted molar refractivity (Wildman–Crippen MR) is 84.7 cm³/mol. The highest BCUT2D eigenvalue weighted by molar-refractivity contribution is 6.31. The van der Waals surface area contributed by atoms with Crippen molar-refractivity contribution in [2.45, 2.75) is 38.9 Å². The van der Waals surface area contributed by atoms with Crippen molar-refractivity contribution in [3.63, 3.8) is 0 Å². The quantitative estimate of drug-likeness (QED) is 0.886. The maximum Gasteiger partial charge on any atom is 0.128 e. The summed E-state index contributed by atoms with van der Waals surface area (Å²) in [5.41, 5.74) is 2.27. The monoisotopic (exact) mass is 305 g/mol. The van der Waals surface area contributed by atoms with Crippen molar-refractivity contribution in [3.05, 3.63) is 46.5 Å². The molecule has 4 nitrogen and oxygen atoms in total. The van der Waals surface area contributed by atoms with Gasteiger partial charge in [-0.2, -0.15) is 0 Å². The number of furan rings is 1. The van der Waals surface area contributed by atoms with Gasteiger partial charge in [-0.25, -0.2) is 4.98 Å². The number of nitrogens with one attached hydrogen (secondary N) is 1. The number of hydrogen-bond donors (Lipinski definition) is 1. The van der Waals surface area contributed by atoms with Crippen molar-refractivity contribution >= 4 is 17.4 Å². The predicted octanol–water partition coefficient (Wildman–Crippen LogP) is 3.52. The van der Waals surface area contributed by atoms with Crippen LogP contribution in [0.1, 0.15) is 29.7 Å². The second kappa shape index (κ2) is 6.08. The van der Waals surface area contributed by atoms with E-state index in [0.29, 0.717) is 6.04 Å². The summed E-state index contributed by atoms with van der Waals surface area (Å²) < 4.78 is 5.34. The molecule has 2 heterocycles. The molecule has 0 aliphatic heterocycles. The van der Waals surface area contributed by atoms with Crippen LogP contribution in [0.25, 0.3) is 0 Å². The zero-order valence-electron chi connectivity index (χ0n) is 12.4. The molecule has 0 saturated heterocycles. The van der Waals surface area contributed by atoms with Gasteiger partial charge in [-0.3, -0.25) is 0 Å². The van der Waals surface area contributed by atoms with Crippen LogP contribution >= 0.6 is 11.6 Å². The highest BCUT2D eigenvalue weighted by Crippen LogP contribution is 2.24. The van der Waals surface area contributed by atoms with E-state index in [9.17, 15) is 0 Å². The largest absolute Gasteiger partial charge is 0.469 e. The highest BCUT2D eigenvalue weighted by Gasteiger charge is 2.20. The molecule has 0 spiro atoms. The Hall–Kier alpha value is -1.52. The van der Waals surface area contributed by atoms with E-state index >= 15 is 0 Å². The SMILES string of the molecule is Cc1occc1CN(C)c1cc(CNC2CC2)c(Cl)cn1. The topological polar surface area (TPSA) is 41.3 Å². The number of halogens is 1. The van der Waals surface area contributed by atoms with Crippen molar-refractivity contribution in [2.24, 2.45) is 0 Å². The Labute approximate surface area is 130 Å². The second-order valence-electron chi connectivity index (χ2n) is 5.65. The average Bonchev–Trinajstić information content (AvgIpc) is 3.22. The molecule has 5 heteroatoms. The van der Waals surface area contributed by atoms with Gasteiger partial charge in [-0.1, -0.05) is 11.6 Å². The molecule has 0 radical (unpaired) electrons. The first-order valence-corrected chi connectivity index (χ1v) is 7.63. The van der Waals surface area contributed by atoms with Gasteiger partial charge in [0.15, 0.2) is 0 Å². The van der Waals surface area contributed by atoms with Crippen molar-refractivity contribution in [3.8, 4) is 0 Å². The third kappa shape index (κ3) is 3.57. The van der Waals surface area contributed by atoms with Crippen molar-refractivity contribution in [1.82, 2.24) is 10.3 Å². The van der Waals surface area contributed by atoms with Gasteiger partial charge in [0.2, 0.25) is 0 Å². The maximum absolute atomic E-state index is 6.24. The van der Waals surface area contributed by atoms with Gasteiger partial charge in [0, 0.05) is 37.9 Å². The molecule has 1 fully saturated rings. The number of hydrogen-bond acceptors (Lipinski definition) is 4. The fourth-order valence-electron chi connectivity index (χ4n) is 2.27. The molecular formula is C16H20ClN3O. The maximum atomic E-state index is 6.24. The lowest BCUT2D eigenvalue weighted by Gasteiger charge is -2.19. The summed E-state index contributed by atoms with van der Waals surface area (Å²) in [6.07, 6.45) is 6.00. The molecule has 21 heavy (non-hydrogen) atoms. The van der Waals surface area contributed by atoms with Crippen molar-refractivity contribution in [2.75, 3.05) is 11.9 Å². The van der Waals surface area contributed by atoms with Crippen LogP contribution < -0.4 is 10.2 Å². The number of anilines is 1. The molecule has 112 valence electrons. The number of pyridine rings is 1. The van der Waals surface area contributed by atoms with E-state index < -0.39 is 0 Å². The van der Waals surface area contributed by atoms with Crippen LogP contribution in [-0.2, 0) is 13.1 Å². The summed E-state index contributed by atoms with van der Waals surface area (Å²) in [6.45, 7) is 3.55. The lowest BCUT2D eigenvalue weighted by atomic mass is 10.2. The first-order valence-electron chi connectivity index (χ1n) is 7.25. The highest BCUT2D eigenvalue weighted by atomic mass is 35.5. The summed E-state index contributed by atoms with van der Waals surface area (Å²) in [7, 11) is 2.03. The molecule has 0 aromatic carbocycles. The number of aryl methyl sites for hydroxylation is 1. The van der Waals surface area contributed by atoms with E-state index in [-0.39, 0.29) is 0 Å². The molecular weight excluding hydrogens is 286 g/mol. The smallest absolute Gasteiger partial charge is 0.128 e. The zero-order chi connectivity index (χ0) is 14.8. The standard InChI is InChI=1S/C16H20ClN3O/c1-11-12(5-6-21-11)10-20(2)16-7-13(15(17)9-19-16)8-18-14-3-4-14/h5-7,9,14,18H,3-4,8,10H2,1-2H3. The summed E-state index contributed by atoms with van der Waals surface area (Å²) in [6, 6.07) is 4.73. The van der Waals surface area contributed by atoms with Gasteiger partial charge >= 0.3 is 0 Å². The molecule has 0 unspecified atom stereocenters. The van der Waals surface area contributed by atoms with E-state index in [1.807, 2.05) is 20.0 Å². The summed E-state index contributed by atoms with van der Waals surface area (Å²) >= 11 is 6.24. The molecule has 1 N–H and O–H groups in total. The Kier molecular flexibility index (Phi) is 4.17. The Balaban J connectivity index is 1.71. The van der Waals surface area contributed by atoms with Gasteiger partial charge in [-0.15, -0.1) is 0 Å². The van der Waals surface area contributed by atoms with E-state index in [1.165, 1.54) is 18.4 Å². The molecule has 3 rings (SSSR count). The van der Waals surface area contributed by atoms with Crippen LogP contribution in [-0.4, -0.2) is 18.1 Å². The number of aromatic nitrogens is 1. The molecule has 1 aliphatic carbocycles. The van der Waals surface area contributed by atoms with Crippen molar-refractivity contribution < 1.29 is 4.42 Å². The normalized spacial score (nSPS) is 14.4. The minimum atomic E-state index is 0.670. The third-order valence-electron chi connectivity index (χ3n) is 3.84. The van der Waals surface area contributed by atoms with E-state index in [0.717, 1.165) is 35.3 Å². The third-order valence-corrected chi connectivity index (χ3v) is 4.18. The summed E-state index contributed by atoms with van der Waals surface area (Å²) in [5.74, 6) is 1.87. The van der Waals surface area contributed by atoms with Crippen molar-refractivity contribution in [1.29, 1.82) is 0 Å². The lowest BCUT2D eigenvalue weighted by molar-refractivity contribution is 0.529. The van der Waals surface area contributed by atoms with Gasteiger partial charge in [0.1, 0.15) is 11.6 Å². The van der Waals surface area contributed by atoms with Crippen LogP contribution in [0.15, 0.2) is 29.0 Å². The van der Waals surface area contributed by atoms with Crippen LogP contribution in [0.4, 0.5) is 5.82 Å². The first kappa shape index (κ1) is 14.4. The molecule has 1 saturated carbocycles. The Bertz CT molecular complexity index is 622. The fourth-order valence-corrected chi connectivity index (χ4v) is 2.44. The number of nitrogens with zero attached hydrogens (tertiary/aromatic N) is 2. The van der Waals surface area contributed by atoms with Gasteiger partial charge in [-0.05, 0) is 37.5 Å². The van der Waals surface area contributed by atoms with E-state index in [1.54, 1.807) is 12.5 Å². The summed E-state index contributed by atoms with van der Waals surface area (Å²) in [5, 5.41) is 4.21. The average molecular weight is 306 g/mol. The second-order valence-corrected chi connectivity index (χ2v) is 6.05. The minimum absolute atomic E-state index is 0.670. The molecule has 2 aromatic rings. The fraction of sp³-hybridized carbons (Fsp3) is 0.438. The lowest BCUT2D eigenvalue weighted by Crippen LogP contribution is -2.19. The van der Waals surface area contributed by atoms with Gasteiger partial charge in [0.25, 0.3) is 0 Å². The number of rotatable bonds is 6. The van der Waals surface area contributed by atoms with Crippen LogP contribution in [0.2, 0.25) is 5.02 Å². The van der Waals surface area contributed by atoms with Gasteiger partial charge in [0.05, 0.1) is 11.3 Å².